The molecule has 31 heavy (non-hydrogen) atoms. The van der Waals surface area contributed by atoms with Crippen molar-refractivity contribution in [1.29, 1.82) is 0 Å². The maximum absolute atomic E-state index is 13.7. The standard InChI is InChI=1S/C20H18F3N3O5/c1-30-14-6-3-10(7-15(14)31-2)9-26-19(28)13(25-20(26)29)8-16(27)24-12-5-4-11(21)17(22)18(12)23/h3-7,13H,8-9H2,1-2H3,(H,24,27)(H,25,29)/t13-/m1/s1. The van der Waals surface area contributed by atoms with Crippen molar-refractivity contribution >= 4 is 23.5 Å². The summed E-state index contributed by atoms with van der Waals surface area (Å²) in [7, 11) is 2.91. The minimum atomic E-state index is -1.73. The van der Waals surface area contributed by atoms with Gasteiger partial charge >= 0.3 is 6.03 Å². The Hall–Kier alpha value is -3.76. The summed E-state index contributed by atoms with van der Waals surface area (Å²) in [5.41, 5.74) is -0.00188. The van der Waals surface area contributed by atoms with Gasteiger partial charge in [0.25, 0.3) is 5.91 Å². The van der Waals surface area contributed by atoms with E-state index in [0.717, 1.165) is 11.0 Å². The van der Waals surface area contributed by atoms with E-state index >= 15 is 0 Å². The first-order valence-electron chi connectivity index (χ1n) is 9.01. The fraction of sp³-hybridized carbons (Fsp3) is 0.250. The molecule has 0 spiro atoms. The molecule has 1 saturated heterocycles. The van der Waals surface area contributed by atoms with Crippen molar-refractivity contribution < 1.29 is 37.0 Å². The van der Waals surface area contributed by atoms with E-state index in [1.165, 1.54) is 14.2 Å². The van der Waals surface area contributed by atoms with Crippen molar-refractivity contribution in [2.24, 2.45) is 0 Å². The number of hydrogen-bond acceptors (Lipinski definition) is 5. The Bertz CT molecular complexity index is 1050. The SMILES string of the molecule is COc1ccc(CN2C(=O)N[C@H](CC(=O)Nc3ccc(F)c(F)c3F)C2=O)cc1OC. The Morgan fingerprint density at radius 2 is 1.77 bits per heavy atom. The maximum Gasteiger partial charge on any atom is 0.325 e. The van der Waals surface area contributed by atoms with Crippen LogP contribution in [0.5, 0.6) is 11.5 Å². The highest BCUT2D eigenvalue weighted by Crippen LogP contribution is 2.28. The highest BCUT2D eigenvalue weighted by molar-refractivity contribution is 6.06. The number of methoxy groups -OCH3 is 2. The van der Waals surface area contributed by atoms with Gasteiger partial charge in [-0.15, -0.1) is 0 Å². The monoisotopic (exact) mass is 437 g/mol. The number of amides is 4. The van der Waals surface area contributed by atoms with Gasteiger partial charge in [0.05, 0.1) is 32.9 Å². The lowest BCUT2D eigenvalue weighted by Gasteiger charge is -2.15. The number of hydrogen-bond donors (Lipinski definition) is 2. The van der Waals surface area contributed by atoms with E-state index in [-0.39, 0.29) is 6.54 Å². The normalized spacial score (nSPS) is 15.6. The quantitative estimate of drug-likeness (QED) is 0.513. The summed E-state index contributed by atoms with van der Waals surface area (Å²) in [6.45, 7) is -0.0824. The van der Waals surface area contributed by atoms with Gasteiger partial charge in [-0.05, 0) is 29.8 Å². The summed E-state index contributed by atoms with van der Waals surface area (Å²) >= 11 is 0. The second kappa shape index (κ2) is 8.94. The van der Waals surface area contributed by atoms with Crippen molar-refractivity contribution in [2.75, 3.05) is 19.5 Å². The largest absolute Gasteiger partial charge is 0.493 e. The average molecular weight is 437 g/mol. The third-order valence-corrected chi connectivity index (χ3v) is 4.59. The summed E-state index contributed by atoms with van der Waals surface area (Å²) in [4.78, 5) is 37.8. The number of halogens is 3. The molecule has 2 aromatic carbocycles. The first-order chi connectivity index (χ1) is 14.7. The predicted molar refractivity (Wildman–Crippen MR) is 102 cm³/mol. The van der Waals surface area contributed by atoms with Gasteiger partial charge in [-0.25, -0.2) is 18.0 Å². The number of rotatable bonds is 7. The van der Waals surface area contributed by atoms with Crippen LogP contribution in [0, 0.1) is 17.5 Å². The molecule has 3 rings (SSSR count). The third-order valence-electron chi connectivity index (χ3n) is 4.59. The highest BCUT2D eigenvalue weighted by Gasteiger charge is 2.39. The van der Waals surface area contributed by atoms with Crippen LogP contribution in [0.2, 0.25) is 0 Å². The topological polar surface area (TPSA) is 97.0 Å². The summed E-state index contributed by atoms with van der Waals surface area (Å²) in [5.74, 6) is -5.34. The van der Waals surface area contributed by atoms with Gasteiger partial charge < -0.3 is 20.1 Å². The predicted octanol–water partition coefficient (Wildman–Crippen LogP) is 2.57. The summed E-state index contributed by atoms with van der Waals surface area (Å²) in [5, 5.41) is 4.43. The van der Waals surface area contributed by atoms with Crippen molar-refractivity contribution in [1.82, 2.24) is 10.2 Å². The van der Waals surface area contributed by atoms with Gasteiger partial charge in [-0.3, -0.25) is 14.5 Å². The molecule has 1 heterocycles. The molecule has 0 bridgehead atoms. The van der Waals surface area contributed by atoms with E-state index in [9.17, 15) is 27.6 Å². The zero-order chi connectivity index (χ0) is 22.7. The van der Waals surface area contributed by atoms with Gasteiger partial charge in [0, 0.05) is 0 Å². The van der Waals surface area contributed by atoms with E-state index in [1.807, 2.05) is 0 Å². The molecular weight excluding hydrogens is 419 g/mol. The van der Waals surface area contributed by atoms with Gasteiger partial charge in [0.2, 0.25) is 5.91 Å². The summed E-state index contributed by atoms with van der Waals surface area (Å²) in [6.07, 6.45) is -0.522. The molecule has 0 unspecified atom stereocenters. The Kier molecular flexibility index (Phi) is 6.33. The molecule has 1 atom stereocenters. The Labute approximate surface area is 174 Å². The third kappa shape index (κ3) is 4.55. The first kappa shape index (κ1) is 21.9. The Morgan fingerprint density at radius 3 is 2.45 bits per heavy atom. The molecule has 2 aromatic rings. The fourth-order valence-corrected chi connectivity index (χ4v) is 3.04. The number of anilines is 1. The van der Waals surface area contributed by atoms with Gasteiger partial charge in [0.15, 0.2) is 29.0 Å². The van der Waals surface area contributed by atoms with Crippen molar-refractivity contribution in [3.8, 4) is 11.5 Å². The molecule has 2 N–H and O–H groups in total. The smallest absolute Gasteiger partial charge is 0.325 e. The van der Waals surface area contributed by atoms with E-state index in [1.54, 1.807) is 18.2 Å². The maximum atomic E-state index is 13.7. The second-order valence-electron chi connectivity index (χ2n) is 6.59. The van der Waals surface area contributed by atoms with Crippen LogP contribution in [-0.4, -0.2) is 43.0 Å². The number of imide groups is 1. The zero-order valence-corrected chi connectivity index (χ0v) is 16.5. The van der Waals surface area contributed by atoms with E-state index in [4.69, 9.17) is 9.47 Å². The van der Waals surface area contributed by atoms with E-state index in [0.29, 0.717) is 23.1 Å². The lowest BCUT2D eigenvalue weighted by Crippen LogP contribution is -2.34. The molecule has 164 valence electrons. The van der Waals surface area contributed by atoms with Gasteiger partial charge in [0.1, 0.15) is 6.04 Å². The van der Waals surface area contributed by atoms with Crippen molar-refractivity contribution in [2.45, 2.75) is 19.0 Å². The molecule has 0 aromatic heterocycles. The Morgan fingerprint density at radius 1 is 1.06 bits per heavy atom. The highest BCUT2D eigenvalue weighted by atomic mass is 19.2. The minimum Gasteiger partial charge on any atom is -0.493 e. The van der Waals surface area contributed by atoms with Crippen molar-refractivity contribution in [3.05, 3.63) is 53.3 Å². The molecule has 0 aliphatic carbocycles. The minimum absolute atomic E-state index is 0.0824. The number of carbonyl (C=O) groups excluding carboxylic acids is 3. The van der Waals surface area contributed by atoms with Gasteiger partial charge in [-0.1, -0.05) is 6.07 Å². The fourth-order valence-electron chi connectivity index (χ4n) is 3.04. The molecule has 1 aliphatic rings. The number of carbonyl (C=O) groups is 3. The first-order valence-corrected chi connectivity index (χ1v) is 9.01. The number of benzene rings is 2. The molecule has 0 radical (unpaired) electrons. The van der Waals surface area contributed by atoms with Crippen LogP contribution in [0.4, 0.5) is 23.7 Å². The summed E-state index contributed by atoms with van der Waals surface area (Å²) in [6, 6.07) is 4.47. The molecule has 4 amide bonds. The molecule has 8 nitrogen and oxygen atoms in total. The molecule has 0 saturated carbocycles. The number of urea groups is 1. The van der Waals surface area contributed by atoms with Crippen LogP contribution >= 0.6 is 0 Å². The van der Waals surface area contributed by atoms with Crippen LogP contribution in [0.15, 0.2) is 30.3 Å². The molecule has 1 aliphatic heterocycles. The number of nitrogens with one attached hydrogen (secondary N) is 2. The second-order valence-corrected chi connectivity index (χ2v) is 6.59. The van der Waals surface area contributed by atoms with E-state index < -0.39 is 53.4 Å². The molecule has 11 heteroatoms. The van der Waals surface area contributed by atoms with Crippen molar-refractivity contribution in [3.63, 3.8) is 0 Å². The van der Waals surface area contributed by atoms with Gasteiger partial charge in [-0.2, -0.15) is 0 Å². The number of ether oxygens (including phenoxy) is 2. The van der Waals surface area contributed by atoms with Crippen LogP contribution in [0.3, 0.4) is 0 Å². The van der Waals surface area contributed by atoms with E-state index in [2.05, 4.69) is 10.6 Å². The summed E-state index contributed by atoms with van der Waals surface area (Å²) < 4.78 is 50.3. The Balaban J connectivity index is 1.66. The molecular formula is C20H18F3N3O5. The lowest BCUT2D eigenvalue weighted by atomic mass is 10.1. The van der Waals surface area contributed by atoms with Crippen LogP contribution in [-0.2, 0) is 16.1 Å². The number of nitrogens with zero attached hydrogens (tertiary/aromatic N) is 1. The zero-order valence-electron chi connectivity index (χ0n) is 16.5. The van der Waals surface area contributed by atoms with Crippen LogP contribution in [0.1, 0.15) is 12.0 Å². The molecule has 1 fully saturated rings. The van der Waals surface area contributed by atoms with Crippen LogP contribution in [0.25, 0.3) is 0 Å². The lowest BCUT2D eigenvalue weighted by molar-refractivity contribution is -0.130. The average Bonchev–Trinajstić information content (AvgIpc) is 3.01. The van der Waals surface area contributed by atoms with Crippen LogP contribution < -0.4 is 20.1 Å².